The third kappa shape index (κ3) is 6.42. The number of anilines is 1. The Morgan fingerprint density at radius 1 is 0.805 bits per heavy atom. The van der Waals surface area contributed by atoms with Crippen molar-refractivity contribution >= 4 is 33.4 Å². The molecule has 1 aromatic heterocycles. The van der Waals surface area contributed by atoms with Gasteiger partial charge in [0.1, 0.15) is 0 Å². The molecule has 5 aromatic rings. The van der Waals surface area contributed by atoms with Crippen LogP contribution in [0.1, 0.15) is 27.9 Å². The number of H-pyrrole nitrogens is 1. The first-order valence-corrected chi connectivity index (χ1v) is 13.8. The number of aromatic amines is 1. The van der Waals surface area contributed by atoms with Crippen molar-refractivity contribution in [1.29, 1.82) is 0 Å². The van der Waals surface area contributed by atoms with E-state index in [0.717, 1.165) is 43.9 Å². The molecular formula is C34H35N3O4. The summed E-state index contributed by atoms with van der Waals surface area (Å²) in [5.41, 5.74) is 4.76. The number of para-hydroxylation sites is 2. The number of ether oxygens (including phenoxy) is 2. The molecule has 0 fully saturated rings. The molecule has 4 aromatic carbocycles. The predicted molar refractivity (Wildman–Crippen MR) is 166 cm³/mol. The first kappa shape index (κ1) is 27.9. The van der Waals surface area contributed by atoms with E-state index in [1.807, 2.05) is 42.5 Å². The highest BCUT2D eigenvalue weighted by atomic mass is 16.5. The maximum Gasteiger partial charge on any atom is 0.257 e. The molecule has 0 spiro atoms. The molecule has 0 aliphatic carbocycles. The highest BCUT2D eigenvalue weighted by molar-refractivity contribution is 6.13. The van der Waals surface area contributed by atoms with Crippen LogP contribution in [0.3, 0.4) is 0 Å². The van der Waals surface area contributed by atoms with Crippen molar-refractivity contribution in [2.75, 3.05) is 39.7 Å². The van der Waals surface area contributed by atoms with Gasteiger partial charge in [-0.2, -0.15) is 0 Å². The van der Waals surface area contributed by atoms with E-state index in [-0.39, 0.29) is 11.3 Å². The second-order valence-corrected chi connectivity index (χ2v) is 10.2. The lowest BCUT2D eigenvalue weighted by atomic mass is 10.1. The lowest BCUT2D eigenvalue weighted by molar-refractivity contribution is 0.102. The summed E-state index contributed by atoms with van der Waals surface area (Å²) < 4.78 is 10.7. The summed E-state index contributed by atoms with van der Waals surface area (Å²) in [7, 11) is 5.44. The van der Waals surface area contributed by atoms with Crippen LogP contribution in [-0.4, -0.2) is 50.1 Å². The predicted octanol–water partition coefficient (Wildman–Crippen LogP) is 6.06. The number of nitrogens with zero attached hydrogens (tertiary/aromatic N) is 1. The van der Waals surface area contributed by atoms with Crippen molar-refractivity contribution in [3.8, 4) is 11.5 Å². The largest absolute Gasteiger partial charge is 0.493 e. The number of likely N-dealkylation sites (N-methyl/N-ethyl adjacent to an activating group) is 1. The van der Waals surface area contributed by atoms with Gasteiger partial charge < -0.3 is 24.7 Å². The maximum absolute atomic E-state index is 13.2. The number of fused-ring (bicyclic) bond motifs is 2. The third-order valence-corrected chi connectivity index (χ3v) is 7.43. The number of carbonyl (C=O) groups excluding carboxylic acids is 1. The molecule has 0 unspecified atom stereocenters. The van der Waals surface area contributed by atoms with E-state index < -0.39 is 0 Å². The molecule has 41 heavy (non-hydrogen) atoms. The minimum absolute atomic E-state index is 0.0834. The molecule has 5 rings (SSSR count). The normalized spacial score (nSPS) is 11.2. The number of amides is 1. The summed E-state index contributed by atoms with van der Waals surface area (Å²) in [5, 5.41) is 4.09. The van der Waals surface area contributed by atoms with E-state index in [1.54, 1.807) is 38.5 Å². The zero-order chi connectivity index (χ0) is 28.8. The minimum Gasteiger partial charge on any atom is -0.493 e. The Kier molecular flexibility index (Phi) is 8.65. The lowest BCUT2D eigenvalue weighted by Crippen LogP contribution is -2.22. The Morgan fingerprint density at radius 3 is 2.32 bits per heavy atom. The summed E-state index contributed by atoms with van der Waals surface area (Å²) in [6.07, 6.45) is 2.92. The van der Waals surface area contributed by atoms with Crippen LogP contribution >= 0.6 is 0 Å². The monoisotopic (exact) mass is 549 g/mol. The fourth-order valence-electron chi connectivity index (χ4n) is 5.11. The number of aryl methyl sites for hydroxylation is 1. The highest BCUT2D eigenvalue weighted by Gasteiger charge is 2.14. The number of pyridine rings is 1. The molecule has 7 heteroatoms. The molecule has 2 N–H and O–H groups in total. The second-order valence-electron chi connectivity index (χ2n) is 10.2. The molecule has 7 nitrogen and oxygen atoms in total. The lowest BCUT2D eigenvalue weighted by Gasteiger charge is -2.17. The SMILES string of the molecule is COc1ccc(CCN(C)CCCc2ccc(NC(=O)c3cccc4c(=O)c5ccccc5[nH]c34)cc2)cc1OC. The summed E-state index contributed by atoms with van der Waals surface area (Å²) >= 11 is 0. The molecule has 0 bridgehead atoms. The molecule has 0 radical (unpaired) electrons. The first-order valence-electron chi connectivity index (χ1n) is 13.8. The van der Waals surface area contributed by atoms with Crippen LogP contribution in [0, 0.1) is 0 Å². The number of methoxy groups -OCH3 is 2. The first-order chi connectivity index (χ1) is 20.0. The van der Waals surface area contributed by atoms with Gasteiger partial charge in [-0.3, -0.25) is 9.59 Å². The quantitative estimate of drug-likeness (QED) is 0.196. The van der Waals surface area contributed by atoms with E-state index >= 15 is 0 Å². The molecule has 0 atom stereocenters. The molecule has 210 valence electrons. The summed E-state index contributed by atoms with van der Waals surface area (Å²) in [6.45, 7) is 1.94. The molecular weight excluding hydrogens is 514 g/mol. The summed E-state index contributed by atoms with van der Waals surface area (Å²) in [6, 6.07) is 26.6. The van der Waals surface area contributed by atoms with Gasteiger partial charge in [-0.1, -0.05) is 36.4 Å². The number of nitrogens with one attached hydrogen (secondary N) is 2. The van der Waals surface area contributed by atoms with Crippen molar-refractivity contribution in [3.05, 3.63) is 112 Å². The van der Waals surface area contributed by atoms with Gasteiger partial charge in [0.15, 0.2) is 16.9 Å². The van der Waals surface area contributed by atoms with Gasteiger partial charge in [-0.05, 0) is 92.5 Å². The maximum atomic E-state index is 13.2. The van der Waals surface area contributed by atoms with Crippen LogP contribution in [0.4, 0.5) is 5.69 Å². The van der Waals surface area contributed by atoms with Gasteiger partial charge in [0, 0.05) is 28.5 Å². The van der Waals surface area contributed by atoms with Crippen molar-refractivity contribution in [1.82, 2.24) is 9.88 Å². The standard InChI is InChI=1S/C34H35N3O4/c1-37(21-19-24-15-18-30(40-2)31(22-24)41-3)20-7-8-23-13-16-25(17-14-23)35-34(39)28-11-6-10-27-32(28)36-29-12-5-4-9-26(29)33(27)38/h4-6,9-18,22H,7-8,19-21H2,1-3H3,(H,35,39)(H,36,38). The number of hydrogen-bond acceptors (Lipinski definition) is 5. The number of benzene rings is 4. The fourth-order valence-corrected chi connectivity index (χ4v) is 5.11. The molecule has 0 aliphatic heterocycles. The van der Waals surface area contributed by atoms with Crippen LogP contribution in [0.15, 0.2) is 89.7 Å². The molecule has 1 amide bonds. The average Bonchev–Trinajstić information content (AvgIpc) is 3.00. The van der Waals surface area contributed by atoms with Crippen LogP contribution in [0.5, 0.6) is 11.5 Å². The average molecular weight is 550 g/mol. The van der Waals surface area contributed by atoms with Gasteiger partial charge in [-0.25, -0.2) is 0 Å². The number of rotatable bonds is 11. The van der Waals surface area contributed by atoms with Crippen molar-refractivity contribution in [3.63, 3.8) is 0 Å². The van der Waals surface area contributed by atoms with Gasteiger partial charge in [0.2, 0.25) is 0 Å². The van der Waals surface area contributed by atoms with Gasteiger partial charge >= 0.3 is 0 Å². The zero-order valence-corrected chi connectivity index (χ0v) is 23.7. The minimum atomic E-state index is -0.259. The van der Waals surface area contributed by atoms with Crippen LogP contribution < -0.4 is 20.2 Å². The van der Waals surface area contributed by atoms with Gasteiger partial charge in [-0.15, -0.1) is 0 Å². The van der Waals surface area contributed by atoms with Crippen molar-refractivity contribution in [2.24, 2.45) is 0 Å². The molecule has 1 heterocycles. The van der Waals surface area contributed by atoms with E-state index in [9.17, 15) is 9.59 Å². The van der Waals surface area contributed by atoms with E-state index in [0.29, 0.717) is 33.1 Å². The number of carbonyl (C=O) groups is 1. The Hall–Kier alpha value is -4.62. The van der Waals surface area contributed by atoms with Crippen LogP contribution in [-0.2, 0) is 12.8 Å². The Balaban J connectivity index is 1.15. The summed E-state index contributed by atoms with van der Waals surface area (Å²) in [5.74, 6) is 1.24. The molecule has 0 saturated heterocycles. The second kappa shape index (κ2) is 12.7. The van der Waals surface area contributed by atoms with Gasteiger partial charge in [0.25, 0.3) is 5.91 Å². The topological polar surface area (TPSA) is 83.7 Å². The fraction of sp³-hybridized carbons (Fsp3) is 0.235. The van der Waals surface area contributed by atoms with Crippen molar-refractivity contribution < 1.29 is 14.3 Å². The Bertz CT molecular complexity index is 1730. The molecule has 0 aliphatic rings. The Morgan fingerprint density at radius 2 is 1.54 bits per heavy atom. The molecule has 0 saturated carbocycles. The van der Waals surface area contributed by atoms with E-state index in [4.69, 9.17) is 9.47 Å². The smallest absolute Gasteiger partial charge is 0.257 e. The Labute approximate surface area is 239 Å². The number of hydrogen-bond donors (Lipinski definition) is 2. The van der Waals surface area contributed by atoms with Crippen LogP contribution in [0.2, 0.25) is 0 Å². The van der Waals surface area contributed by atoms with Crippen molar-refractivity contribution in [2.45, 2.75) is 19.3 Å². The zero-order valence-electron chi connectivity index (χ0n) is 23.7. The number of aromatic nitrogens is 1. The van der Waals surface area contributed by atoms with E-state index in [2.05, 4.69) is 40.4 Å². The van der Waals surface area contributed by atoms with Gasteiger partial charge in [0.05, 0.1) is 25.3 Å². The third-order valence-electron chi connectivity index (χ3n) is 7.43. The highest BCUT2D eigenvalue weighted by Crippen LogP contribution is 2.27. The summed E-state index contributed by atoms with van der Waals surface area (Å²) in [4.78, 5) is 31.8. The van der Waals surface area contributed by atoms with Crippen LogP contribution in [0.25, 0.3) is 21.8 Å². The van der Waals surface area contributed by atoms with E-state index in [1.165, 1.54) is 11.1 Å².